The van der Waals surface area contributed by atoms with Crippen LogP contribution in [0.1, 0.15) is 22.3 Å². The molecule has 3 aromatic rings. The molecule has 6 nitrogen and oxygen atoms in total. The molecule has 3 aromatic carbocycles. The SMILES string of the molecule is COc1ccc(CN2C(=O)NC(=O)/C(=C/c3ccc4c(c3)-c3ccccc3C4)C2=O)cc1. The van der Waals surface area contributed by atoms with E-state index >= 15 is 0 Å². The fraction of sp³-hybridized carbons (Fsp3) is 0.115. The van der Waals surface area contributed by atoms with Gasteiger partial charge in [0, 0.05) is 0 Å². The van der Waals surface area contributed by atoms with E-state index in [2.05, 4.69) is 17.4 Å². The second-order valence-corrected chi connectivity index (χ2v) is 7.81. The molecule has 0 radical (unpaired) electrons. The Hall–Kier alpha value is -4.19. The van der Waals surface area contributed by atoms with Crippen LogP contribution in [-0.4, -0.2) is 29.9 Å². The highest BCUT2D eigenvalue weighted by Crippen LogP contribution is 2.37. The minimum absolute atomic E-state index is 0.0524. The van der Waals surface area contributed by atoms with Gasteiger partial charge in [-0.3, -0.25) is 19.8 Å². The van der Waals surface area contributed by atoms with E-state index < -0.39 is 17.8 Å². The third-order valence-electron chi connectivity index (χ3n) is 5.82. The molecule has 2 aliphatic rings. The molecular weight excluding hydrogens is 404 g/mol. The van der Waals surface area contributed by atoms with Gasteiger partial charge >= 0.3 is 6.03 Å². The van der Waals surface area contributed by atoms with Crippen molar-refractivity contribution >= 4 is 23.9 Å². The largest absolute Gasteiger partial charge is 0.497 e. The van der Waals surface area contributed by atoms with Gasteiger partial charge < -0.3 is 4.74 Å². The predicted octanol–water partition coefficient (Wildman–Crippen LogP) is 3.93. The number of nitrogens with one attached hydrogen (secondary N) is 1. The summed E-state index contributed by atoms with van der Waals surface area (Å²) in [5.41, 5.74) is 6.15. The van der Waals surface area contributed by atoms with Gasteiger partial charge in [-0.05, 0) is 64.1 Å². The van der Waals surface area contributed by atoms with E-state index in [1.54, 1.807) is 37.5 Å². The summed E-state index contributed by atoms with van der Waals surface area (Å²) in [4.78, 5) is 38.9. The number of carbonyl (C=O) groups excluding carboxylic acids is 3. The molecule has 1 heterocycles. The molecule has 1 fully saturated rings. The lowest BCUT2D eigenvalue weighted by Crippen LogP contribution is -2.53. The molecule has 0 unspecified atom stereocenters. The smallest absolute Gasteiger partial charge is 0.331 e. The summed E-state index contributed by atoms with van der Waals surface area (Å²) in [6.07, 6.45) is 2.41. The normalized spacial score (nSPS) is 16.1. The molecule has 32 heavy (non-hydrogen) atoms. The van der Waals surface area contributed by atoms with Crippen molar-refractivity contribution in [2.45, 2.75) is 13.0 Å². The molecule has 1 N–H and O–H groups in total. The van der Waals surface area contributed by atoms with Crippen molar-refractivity contribution in [1.29, 1.82) is 0 Å². The van der Waals surface area contributed by atoms with Crippen LogP contribution in [0.3, 0.4) is 0 Å². The summed E-state index contributed by atoms with van der Waals surface area (Å²) in [6, 6.07) is 20.4. The first-order valence-corrected chi connectivity index (χ1v) is 10.3. The molecule has 0 saturated carbocycles. The average Bonchev–Trinajstić information content (AvgIpc) is 3.18. The van der Waals surface area contributed by atoms with Crippen molar-refractivity contribution in [3.05, 3.63) is 94.6 Å². The Bertz CT molecular complexity index is 1290. The lowest BCUT2D eigenvalue weighted by atomic mass is 10.0. The molecule has 0 spiro atoms. The number of imide groups is 2. The number of hydrogen-bond acceptors (Lipinski definition) is 4. The molecule has 1 saturated heterocycles. The minimum atomic E-state index is -0.726. The van der Waals surface area contributed by atoms with Gasteiger partial charge in [0.05, 0.1) is 13.7 Å². The van der Waals surface area contributed by atoms with Gasteiger partial charge in [0.1, 0.15) is 11.3 Å². The van der Waals surface area contributed by atoms with Crippen molar-refractivity contribution in [3.63, 3.8) is 0 Å². The van der Waals surface area contributed by atoms with Crippen molar-refractivity contribution in [2.75, 3.05) is 7.11 Å². The van der Waals surface area contributed by atoms with Crippen molar-refractivity contribution < 1.29 is 19.1 Å². The lowest BCUT2D eigenvalue weighted by molar-refractivity contribution is -0.130. The summed E-state index contributed by atoms with van der Waals surface area (Å²) in [7, 11) is 1.57. The summed E-state index contributed by atoms with van der Waals surface area (Å²) in [6.45, 7) is 0.0524. The maximum atomic E-state index is 13.1. The fourth-order valence-corrected chi connectivity index (χ4v) is 4.15. The first kappa shape index (κ1) is 19.8. The number of fused-ring (bicyclic) bond motifs is 3. The highest BCUT2D eigenvalue weighted by Gasteiger charge is 2.35. The van der Waals surface area contributed by atoms with Crippen LogP contribution in [-0.2, 0) is 22.6 Å². The van der Waals surface area contributed by atoms with E-state index in [1.807, 2.05) is 30.3 Å². The van der Waals surface area contributed by atoms with E-state index in [1.165, 1.54) is 16.7 Å². The number of urea groups is 1. The van der Waals surface area contributed by atoms with Gasteiger partial charge in [-0.15, -0.1) is 0 Å². The second kappa shape index (κ2) is 7.81. The molecule has 158 valence electrons. The number of barbiturate groups is 1. The fourth-order valence-electron chi connectivity index (χ4n) is 4.15. The van der Waals surface area contributed by atoms with E-state index in [4.69, 9.17) is 4.74 Å². The highest BCUT2D eigenvalue weighted by molar-refractivity contribution is 6.31. The maximum Gasteiger partial charge on any atom is 0.331 e. The Morgan fingerprint density at radius 2 is 1.69 bits per heavy atom. The first-order chi connectivity index (χ1) is 15.5. The average molecular weight is 424 g/mol. The highest BCUT2D eigenvalue weighted by atomic mass is 16.5. The first-order valence-electron chi connectivity index (χ1n) is 10.3. The van der Waals surface area contributed by atoms with Crippen LogP contribution in [0.15, 0.2) is 72.3 Å². The van der Waals surface area contributed by atoms with E-state index in [9.17, 15) is 14.4 Å². The van der Waals surface area contributed by atoms with Crippen molar-refractivity contribution in [2.24, 2.45) is 0 Å². The molecule has 1 aliphatic heterocycles. The topological polar surface area (TPSA) is 75.7 Å². The molecule has 6 heteroatoms. The molecule has 0 aromatic heterocycles. The Balaban J connectivity index is 1.45. The molecule has 0 atom stereocenters. The summed E-state index contributed by atoms with van der Waals surface area (Å²) >= 11 is 0. The Morgan fingerprint density at radius 3 is 2.47 bits per heavy atom. The van der Waals surface area contributed by atoms with Crippen LogP contribution >= 0.6 is 0 Å². The Morgan fingerprint density at radius 1 is 0.938 bits per heavy atom. The van der Waals surface area contributed by atoms with Gasteiger partial charge in [-0.1, -0.05) is 48.5 Å². The Kier molecular flexibility index (Phi) is 4.82. The lowest BCUT2D eigenvalue weighted by Gasteiger charge is -2.26. The zero-order valence-electron chi connectivity index (χ0n) is 17.4. The number of methoxy groups -OCH3 is 1. The zero-order valence-corrected chi connectivity index (χ0v) is 17.4. The van der Waals surface area contributed by atoms with Crippen molar-refractivity contribution in [3.8, 4) is 16.9 Å². The summed E-state index contributed by atoms with van der Waals surface area (Å²) in [5.74, 6) is -0.625. The van der Waals surface area contributed by atoms with Crippen LogP contribution in [0, 0.1) is 0 Å². The Labute approximate surface area is 185 Å². The number of amides is 4. The molecular formula is C26H20N2O4. The molecule has 4 amide bonds. The monoisotopic (exact) mass is 424 g/mol. The summed E-state index contributed by atoms with van der Waals surface area (Å²) < 4.78 is 5.14. The third-order valence-corrected chi connectivity index (χ3v) is 5.82. The van der Waals surface area contributed by atoms with Crippen molar-refractivity contribution in [1.82, 2.24) is 10.2 Å². The van der Waals surface area contributed by atoms with Gasteiger partial charge in [0.2, 0.25) is 0 Å². The quantitative estimate of drug-likeness (QED) is 0.398. The van der Waals surface area contributed by atoms with Crippen LogP contribution in [0.2, 0.25) is 0 Å². The minimum Gasteiger partial charge on any atom is -0.497 e. The number of nitrogens with zero attached hydrogens (tertiary/aromatic N) is 1. The van der Waals surface area contributed by atoms with Crippen LogP contribution in [0.5, 0.6) is 5.75 Å². The van der Waals surface area contributed by atoms with Crippen LogP contribution in [0.4, 0.5) is 4.79 Å². The maximum absolute atomic E-state index is 13.1. The van der Waals surface area contributed by atoms with Crippen LogP contribution in [0.25, 0.3) is 17.2 Å². The molecule has 0 bridgehead atoms. The van der Waals surface area contributed by atoms with Gasteiger partial charge in [0.25, 0.3) is 11.8 Å². The van der Waals surface area contributed by atoms with E-state index in [0.717, 1.165) is 28.0 Å². The second-order valence-electron chi connectivity index (χ2n) is 7.81. The standard InChI is InChI=1S/C26H20N2O4/c1-32-20-10-7-16(8-11-20)15-28-25(30)23(24(29)27-26(28)31)13-17-6-9-19-14-18-4-2-3-5-21(18)22(19)12-17/h2-13H,14-15H2,1H3,(H,27,29,31)/b23-13-. The van der Waals surface area contributed by atoms with Gasteiger partial charge in [-0.2, -0.15) is 0 Å². The number of ether oxygens (including phenoxy) is 1. The third kappa shape index (κ3) is 3.46. The van der Waals surface area contributed by atoms with Gasteiger partial charge in [0.15, 0.2) is 0 Å². The number of hydrogen-bond donors (Lipinski definition) is 1. The molecule has 5 rings (SSSR count). The number of rotatable bonds is 4. The summed E-state index contributed by atoms with van der Waals surface area (Å²) in [5, 5.41) is 2.28. The van der Waals surface area contributed by atoms with E-state index in [0.29, 0.717) is 5.75 Å². The number of carbonyl (C=O) groups is 3. The number of benzene rings is 3. The zero-order chi connectivity index (χ0) is 22.2. The van der Waals surface area contributed by atoms with Gasteiger partial charge in [-0.25, -0.2) is 4.79 Å². The van der Waals surface area contributed by atoms with Crippen LogP contribution < -0.4 is 10.1 Å². The molecule has 1 aliphatic carbocycles. The van der Waals surface area contributed by atoms with E-state index in [-0.39, 0.29) is 12.1 Å². The predicted molar refractivity (Wildman–Crippen MR) is 120 cm³/mol.